The first-order valence-corrected chi connectivity index (χ1v) is 13.4. The first-order valence-electron chi connectivity index (χ1n) is 11.5. The molecule has 1 aliphatic rings. The van der Waals surface area contributed by atoms with Crippen LogP contribution >= 0.6 is 0 Å². The third-order valence-corrected chi connectivity index (χ3v) is 6.64. The van der Waals surface area contributed by atoms with Crippen molar-refractivity contribution in [3.05, 3.63) is 94.3 Å². The summed E-state index contributed by atoms with van der Waals surface area (Å²) in [4.78, 5) is 11.9. The number of carboxylic acid groups (broad SMARTS) is 1. The molecule has 200 valence electrons. The van der Waals surface area contributed by atoms with E-state index in [2.05, 4.69) is 4.72 Å². The molecule has 0 amide bonds. The highest BCUT2D eigenvalue weighted by molar-refractivity contribution is 7.92. The molecule has 0 heterocycles. The van der Waals surface area contributed by atoms with Crippen LogP contribution in [0.15, 0.2) is 60.7 Å². The molecule has 0 bridgehead atoms. The van der Waals surface area contributed by atoms with E-state index in [1.165, 1.54) is 48.5 Å². The van der Waals surface area contributed by atoms with Crippen molar-refractivity contribution in [2.24, 2.45) is 0 Å². The summed E-state index contributed by atoms with van der Waals surface area (Å²) in [7, 11) is -3.74. The largest absolute Gasteiger partial charge is 0.488 e. The van der Waals surface area contributed by atoms with Crippen molar-refractivity contribution in [3.63, 3.8) is 0 Å². The van der Waals surface area contributed by atoms with Crippen LogP contribution in [0, 0.1) is 5.82 Å². The number of alkyl halides is 3. The lowest BCUT2D eigenvalue weighted by Gasteiger charge is -2.18. The van der Waals surface area contributed by atoms with E-state index in [1.54, 1.807) is 0 Å². The molecule has 3 aromatic carbocycles. The Morgan fingerprint density at radius 3 is 2.32 bits per heavy atom. The van der Waals surface area contributed by atoms with E-state index < -0.39 is 33.5 Å². The Kier molecular flexibility index (Phi) is 7.50. The lowest BCUT2D eigenvalue weighted by atomic mass is 9.94. The maximum atomic E-state index is 13.6. The fourth-order valence-electron chi connectivity index (χ4n) is 4.37. The molecule has 0 saturated carbocycles. The fraction of sp³-hybridized carbons (Fsp3) is 0.222. The summed E-state index contributed by atoms with van der Waals surface area (Å²) < 4.78 is 85.4. The number of halogens is 4. The van der Waals surface area contributed by atoms with Crippen LogP contribution in [0.5, 0.6) is 5.75 Å². The minimum atomic E-state index is -4.60. The standard InChI is InChI=1S/C27H23F4NO5S/c1-38(35,36)32-24-11-7-17(13-23(24)26(33)34)20-3-2-4-21(20)22-14-18(27(29,30)31)8-12-25(22)37-15-16-5-9-19(28)10-6-16/h5-14,32H,2-4,15H2,1H3,(H,33,34). The highest BCUT2D eigenvalue weighted by Crippen LogP contribution is 2.45. The molecule has 6 nitrogen and oxygen atoms in total. The molecule has 0 aromatic heterocycles. The number of rotatable bonds is 8. The van der Waals surface area contributed by atoms with Gasteiger partial charge in [0.05, 0.1) is 23.1 Å². The van der Waals surface area contributed by atoms with E-state index in [4.69, 9.17) is 4.74 Å². The topological polar surface area (TPSA) is 92.7 Å². The number of allylic oxidation sites excluding steroid dienone is 2. The van der Waals surface area contributed by atoms with Crippen molar-refractivity contribution in [1.29, 1.82) is 0 Å². The van der Waals surface area contributed by atoms with Crippen molar-refractivity contribution < 1.29 is 40.6 Å². The van der Waals surface area contributed by atoms with Gasteiger partial charge in [-0.1, -0.05) is 18.2 Å². The number of ether oxygens (including phenoxy) is 1. The number of carbonyl (C=O) groups is 1. The molecule has 38 heavy (non-hydrogen) atoms. The number of hydrogen-bond donors (Lipinski definition) is 2. The van der Waals surface area contributed by atoms with Crippen molar-refractivity contribution in [3.8, 4) is 5.75 Å². The zero-order valence-electron chi connectivity index (χ0n) is 20.1. The summed E-state index contributed by atoms with van der Waals surface area (Å²) in [6, 6.07) is 12.9. The Hall–Kier alpha value is -3.86. The Bertz CT molecular complexity index is 1510. The lowest BCUT2D eigenvalue weighted by molar-refractivity contribution is -0.137. The number of anilines is 1. The summed E-state index contributed by atoms with van der Waals surface area (Å²) in [5.74, 6) is -1.59. The van der Waals surface area contributed by atoms with Gasteiger partial charge >= 0.3 is 12.1 Å². The van der Waals surface area contributed by atoms with Crippen LogP contribution < -0.4 is 9.46 Å². The minimum Gasteiger partial charge on any atom is -0.488 e. The van der Waals surface area contributed by atoms with Gasteiger partial charge in [0.2, 0.25) is 10.0 Å². The SMILES string of the molecule is CS(=O)(=O)Nc1ccc(C2=C(c3cc(C(F)(F)F)ccc3OCc3ccc(F)cc3)CCC2)cc1C(=O)O. The number of benzene rings is 3. The van der Waals surface area contributed by atoms with Gasteiger partial charge < -0.3 is 9.84 Å². The van der Waals surface area contributed by atoms with E-state index in [0.717, 1.165) is 18.4 Å². The number of nitrogens with one attached hydrogen (secondary N) is 1. The van der Waals surface area contributed by atoms with Gasteiger partial charge in [-0.3, -0.25) is 4.72 Å². The molecule has 0 aliphatic heterocycles. The normalized spacial score (nSPS) is 14.0. The van der Waals surface area contributed by atoms with Gasteiger partial charge in [0.1, 0.15) is 18.2 Å². The summed E-state index contributed by atoms with van der Waals surface area (Å²) in [6.45, 7) is -0.00369. The molecule has 0 unspecified atom stereocenters. The molecule has 2 N–H and O–H groups in total. The van der Waals surface area contributed by atoms with E-state index in [0.29, 0.717) is 41.5 Å². The van der Waals surface area contributed by atoms with E-state index >= 15 is 0 Å². The second kappa shape index (κ2) is 10.5. The van der Waals surface area contributed by atoms with E-state index in [9.17, 15) is 35.9 Å². The Labute approximate surface area is 216 Å². The van der Waals surface area contributed by atoms with Gasteiger partial charge in [-0.15, -0.1) is 0 Å². The average molecular weight is 550 g/mol. The molecule has 0 radical (unpaired) electrons. The summed E-state index contributed by atoms with van der Waals surface area (Å²) in [6.07, 6.45) is -2.19. The molecular formula is C27H23F4NO5S. The highest BCUT2D eigenvalue weighted by Gasteiger charge is 2.32. The fourth-order valence-corrected chi connectivity index (χ4v) is 4.94. The molecule has 0 fully saturated rings. The Morgan fingerprint density at radius 2 is 1.68 bits per heavy atom. The van der Waals surface area contributed by atoms with Gasteiger partial charge in [-0.25, -0.2) is 17.6 Å². The van der Waals surface area contributed by atoms with Gasteiger partial charge in [-0.05, 0) is 84.0 Å². The van der Waals surface area contributed by atoms with Gasteiger partial charge in [-0.2, -0.15) is 13.2 Å². The second-order valence-electron chi connectivity index (χ2n) is 8.87. The number of hydrogen-bond acceptors (Lipinski definition) is 4. The predicted octanol–water partition coefficient (Wildman–Crippen LogP) is 6.59. The van der Waals surface area contributed by atoms with Crippen LogP contribution in [0.2, 0.25) is 0 Å². The van der Waals surface area contributed by atoms with Gasteiger partial charge in [0.25, 0.3) is 0 Å². The number of carboxylic acids is 1. The first-order chi connectivity index (χ1) is 17.8. The van der Waals surface area contributed by atoms with E-state index in [1.807, 2.05) is 0 Å². The number of sulfonamides is 1. The molecule has 3 aromatic rings. The summed E-state index contributed by atoms with van der Waals surface area (Å²) in [5.41, 5.74) is 1.25. The van der Waals surface area contributed by atoms with Crippen LogP contribution in [0.3, 0.4) is 0 Å². The van der Waals surface area contributed by atoms with Crippen LogP contribution in [-0.4, -0.2) is 25.7 Å². The smallest absolute Gasteiger partial charge is 0.416 e. The number of aromatic carboxylic acids is 1. The predicted molar refractivity (Wildman–Crippen MR) is 135 cm³/mol. The van der Waals surface area contributed by atoms with Gasteiger partial charge in [0, 0.05) is 5.56 Å². The first kappa shape index (κ1) is 27.2. The van der Waals surface area contributed by atoms with Crippen molar-refractivity contribution in [2.75, 3.05) is 11.0 Å². The van der Waals surface area contributed by atoms with E-state index in [-0.39, 0.29) is 29.2 Å². The minimum absolute atomic E-state index is 0.00369. The molecular weight excluding hydrogens is 526 g/mol. The zero-order valence-corrected chi connectivity index (χ0v) is 20.9. The quantitative estimate of drug-likeness (QED) is 0.310. The van der Waals surface area contributed by atoms with Crippen LogP contribution in [0.1, 0.15) is 51.9 Å². The molecule has 11 heteroatoms. The maximum absolute atomic E-state index is 13.6. The highest BCUT2D eigenvalue weighted by atomic mass is 32.2. The van der Waals surface area contributed by atoms with Crippen molar-refractivity contribution in [1.82, 2.24) is 0 Å². The van der Waals surface area contributed by atoms with Crippen LogP contribution in [0.4, 0.5) is 23.2 Å². The lowest BCUT2D eigenvalue weighted by Crippen LogP contribution is -2.13. The second-order valence-corrected chi connectivity index (χ2v) is 10.6. The molecule has 0 atom stereocenters. The third kappa shape index (κ3) is 6.34. The zero-order chi connectivity index (χ0) is 27.7. The van der Waals surface area contributed by atoms with Crippen molar-refractivity contribution >= 4 is 32.8 Å². The average Bonchev–Trinajstić information content (AvgIpc) is 3.32. The van der Waals surface area contributed by atoms with Crippen LogP contribution in [0.25, 0.3) is 11.1 Å². The molecule has 0 saturated heterocycles. The van der Waals surface area contributed by atoms with Crippen LogP contribution in [-0.2, 0) is 22.8 Å². The Morgan fingerprint density at radius 1 is 1.00 bits per heavy atom. The summed E-state index contributed by atoms with van der Waals surface area (Å²) >= 11 is 0. The molecule has 4 rings (SSSR count). The Balaban J connectivity index is 1.80. The molecule has 1 aliphatic carbocycles. The van der Waals surface area contributed by atoms with Gasteiger partial charge in [0.15, 0.2) is 0 Å². The third-order valence-electron chi connectivity index (χ3n) is 6.05. The summed E-state index contributed by atoms with van der Waals surface area (Å²) in [5, 5.41) is 9.66. The van der Waals surface area contributed by atoms with Crippen molar-refractivity contribution in [2.45, 2.75) is 32.0 Å². The monoisotopic (exact) mass is 549 g/mol. The molecule has 0 spiro atoms. The maximum Gasteiger partial charge on any atom is 0.416 e.